The molecule has 0 saturated heterocycles. The van der Waals surface area contributed by atoms with Crippen LogP contribution in [0.25, 0.3) is 0 Å². The second-order valence-electron chi connectivity index (χ2n) is 3.28. The van der Waals surface area contributed by atoms with Gasteiger partial charge in [0.15, 0.2) is 0 Å². The van der Waals surface area contributed by atoms with Crippen LogP contribution >= 0.6 is 0 Å². The molecule has 1 rings (SSSR count). The molecule has 4 heteroatoms. The maximum absolute atomic E-state index is 13.1. The molecule has 0 saturated carbocycles. The summed E-state index contributed by atoms with van der Waals surface area (Å²) in [7, 11) is 0. The molecule has 0 aliphatic rings. The van der Waals surface area contributed by atoms with Crippen molar-refractivity contribution in [1.29, 1.82) is 0 Å². The molecule has 0 radical (unpaired) electrons. The molecule has 0 atom stereocenters. The Morgan fingerprint density at radius 1 is 1.38 bits per heavy atom. The van der Waals surface area contributed by atoms with Crippen molar-refractivity contribution >= 4 is 23.1 Å². The van der Waals surface area contributed by atoms with E-state index < -0.39 is 0 Å². The molecule has 0 aliphatic heterocycles. The molecule has 0 amide bonds. The van der Waals surface area contributed by atoms with E-state index in [0.717, 1.165) is 6.42 Å². The molecule has 0 aliphatic carbocycles. The molecule has 1 aromatic rings. The second-order valence-corrected chi connectivity index (χ2v) is 3.28. The molecule has 0 N–H and O–H groups in total. The second kappa shape index (κ2) is 11.8. The van der Waals surface area contributed by atoms with Gasteiger partial charge < -0.3 is 21.7 Å². The van der Waals surface area contributed by atoms with Gasteiger partial charge in [0, 0.05) is 12.4 Å². The van der Waals surface area contributed by atoms with E-state index in [1.165, 1.54) is 18.9 Å². The zero-order valence-corrected chi connectivity index (χ0v) is 12.6. The van der Waals surface area contributed by atoms with Crippen LogP contribution in [0.1, 0.15) is 31.7 Å². The first-order valence-electron chi connectivity index (χ1n) is 5.07. The van der Waals surface area contributed by atoms with Gasteiger partial charge in [-0.3, -0.25) is 4.39 Å². The van der Waals surface area contributed by atoms with Gasteiger partial charge in [-0.15, -0.1) is 6.07 Å². The minimum atomic E-state index is -0.233. The van der Waals surface area contributed by atoms with Crippen LogP contribution in [0.4, 0.5) is 4.39 Å². The van der Waals surface area contributed by atoms with Gasteiger partial charge in [0.2, 0.25) is 0 Å². The normalized spacial score (nSPS) is 9.12. The summed E-state index contributed by atoms with van der Waals surface area (Å²) in [6.07, 6.45) is 3.40. The number of ether oxygens (including phenoxy) is 1. The summed E-state index contributed by atoms with van der Waals surface area (Å²) >= 11 is 0. The largest absolute Gasteiger partial charge is 2.00 e. The van der Waals surface area contributed by atoms with Crippen molar-refractivity contribution in [2.45, 2.75) is 32.8 Å². The summed E-state index contributed by atoms with van der Waals surface area (Å²) < 4.78 is 18.4. The topological polar surface area (TPSA) is 9.23 Å². The van der Waals surface area contributed by atoms with Crippen molar-refractivity contribution in [2.75, 3.05) is 6.61 Å². The fraction of sp³-hybridized carbons (Fsp3) is 0.500. The predicted molar refractivity (Wildman–Crippen MR) is 60.2 cm³/mol. The number of rotatable bonds is 6. The molecule has 0 aromatic heterocycles. The molecule has 0 bridgehead atoms. The Bertz CT molecular complexity index is 271. The predicted octanol–water partition coefficient (Wildman–Crippen LogP) is -0.0441. The van der Waals surface area contributed by atoms with E-state index in [9.17, 15) is 4.39 Å². The van der Waals surface area contributed by atoms with Gasteiger partial charge in [-0.25, -0.2) is 0 Å². The molecule has 1 nitrogen and oxygen atoms in total. The third-order valence-electron chi connectivity index (χ3n) is 2.05. The van der Waals surface area contributed by atoms with E-state index in [1.54, 1.807) is 12.1 Å². The SMILES string of the molecule is CCCCCOCc1cc[c-]cc1F.[Br-].[Mg+2]. The molecular weight excluding hydrogens is 283 g/mol. The van der Waals surface area contributed by atoms with Gasteiger partial charge in [-0.2, -0.15) is 18.2 Å². The summed E-state index contributed by atoms with van der Waals surface area (Å²) in [5.74, 6) is -0.233. The minimum absolute atomic E-state index is 0. The monoisotopic (exact) mass is 298 g/mol. The number of hydrogen-bond acceptors (Lipinski definition) is 1. The summed E-state index contributed by atoms with van der Waals surface area (Å²) in [4.78, 5) is 0. The summed E-state index contributed by atoms with van der Waals surface area (Å²) in [5.41, 5.74) is 0.611. The Labute approximate surface area is 124 Å². The molecule has 16 heavy (non-hydrogen) atoms. The Kier molecular flexibility index (Phi) is 13.8. The van der Waals surface area contributed by atoms with Gasteiger partial charge in [0.05, 0.1) is 6.61 Å². The zero-order chi connectivity index (χ0) is 10.2. The van der Waals surface area contributed by atoms with Crippen molar-refractivity contribution in [3.8, 4) is 0 Å². The molecule has 0 fully saturated rings. The first-order chi connectivity index (χ1) is 6.84. The molecule has 0 unspecified atom stereocenters. The summed E-state index contributed by atoms with van der Waals surface area (Å²) in [6.45, 7) is 3.23. The quantitative estimate of drug-likeness (QED) is 0.407. The van der Waals surface area contributed by atoms with Crippen molar-refractivity contribution in [2.24, 2.45) is 0 Å². The fourth-order valence-electron chi connectivity index (χ4n) is 1.20. The van der Waals surface area contributed by atoms with E-state index in [2.05, 4.69) is 13.0 Å². The van der Waals surface area contributed by atoms with Gasteiger partial charge in [-0.05, 0) is 6.42 Å². The van der Waals surface area contributed by atoms with Gasteiger partial charge in [0.1, 0.15) is 0 Å². The maximum Gasteiger partial charge on any atom is 2.00 e. The van der Waals surface area contributed by atoms with Crippen molar-refractivity contribution in [3.63, 3.8) is 0 Å². The third kappa shape index (κ3) is 7.60. The van der Waals surface area contributed by atoms with Crippen LogP contribution in [0.15, 0.2) is 18.2 Å². The maximum atomic E-state index is 13.1. The van der Waals surface area contributed by atoms with E-state index in [0.29, 0.717) is 18.8 Å². The first-order valence-corrected chi connectivity index (χ1v) is 5.07. The van der Waals surface area contributed by atoms with Gasteiger partial charge in [0.25, 0.3) is 0 Å². The molecule has 1 aromatic carbocycles. The average Bonchev–Trinajstić information content (AvgIpc) is 2.20. The molecule has 86 valence electrons. The number of halogens is 2. The number of hydrogen-bond donors (Lipinski definition) is 0. The minimum Gasteiger partial charge on any atom is -1.00 e. The van der Waals surface area contributed by atoms with E-state index in [4.69, 9.17) is 4.74 Å². The average molecular weight is 299 g/mol. The van der Waals surface area contributed by atoms with Crippen molar-refractivity contribution in [1.82, 2.24) is 0 Å². The van der Waals surface area contributed by atoms with Crippen LogP contribution < -0.4 is 17.0 Å². The van der Waals surface area contributed by atoms with Crippen LogP contribution in [0.5, 0.6) is 0 Å². The first kappa shape index (κ1) is 18.7. The standard InChI is InChI=1S/C12H16FO.BrH.Mg/c1-2-3-6-9-14-10-11-7-4-5-8-12(11)13;;/h4,7-8H,2-3,6,9-10H2,1H3;1H;/q-1;;+2/p-1. The Morgan fingerprint density at radius 3 is 2.75 bits per heavy atom. The van der Waals surface area contributed by atoms with Crippen molar-refractivity contribution in [3.05, 3.63) is 35.6 Å². The molecule has 0 heterocycles. The summed E-state index contributed by atoms with van der Waals surface area (Å²) in [5, 5.41) is 0. The Balaban J connectivity index is 0. The number of unbranched alkanes of at least 4 members (excludes halogenated alkanes) is 2. The fourth-order valence-corrected chi connectivity index (χ4v) is 1.20. The summed E-state index contributed by atoms with van der Waals surface area (Å²) in [6, 6.07) is 7.42. The Hall–Kier alpha value is 0.356. The van der Waals surface area contributed by atoms with Crippen LogP contribution in [0, 0.1) is 11.9 Å². The van der Waals surface area contributed by atoms with Crippen LogP contribution in [-0.2, 0) is 11.3 Å². The van der Waals surface area contributed by atoms with E-state index in [1.807, 2.05) is 0 Å². The van der Waals surface area contributed by atoms with Crippen LogP contribution in [0.3, 0.4) is 0 Å². The van der Waals surface area contributed by atoms with E-state index in [-0.39, 0.29) is 45.9 Å². The molecular formula is C12H16BrFMgO. The van der Waals surface area contributed by atoms with Gasteiger partial charge in [-0.1, -0.05) is 25.3 Å². The molecule has 0 spiro atoms. The van der Waals surface area contributed by atoms with Crippen LogP contribution in [0.2, 0.25) is 0 Å². The zero-order valence-electron chi connectivity index (χ0n) is 9.64. The van der Waals surface area contributed by atoms with E-state index >= 15 is 0 Å². The third-order valence-corrected chi connectivity index (χ3v) is 2.05. The Morgan fingerprint density at radius 2 is 2.12 bits per heavy atom. The van der Waals surface area contributed by atoms with Crippen molar-refractivity contribution < 1.29 is 26.1 Å². The van der Waals surface area contributed by atoms with Gasteiger partial charge >= 0.3 is 23.1 Å². The smallest absolute Gasteiger partial charge is 1.00 e. The number of benzene rings is 1. The van der Waals surface area contributed by atoms with Crippen LogP contribution in [-0.4, -0.2) is 29.7 Å².